The van der Waals surface area contributed by atoms with Crippen LogP contribution in [0, 0.1) is 24.7 Å². The minimum Gasteiger partial charge on any atom is -0.502 e. The lowest BCUT2D eigenvalue weighted by atomic mass is 9.75. The van der Waals surface area contributed by atoms with Gasteiger partial charge in [0.05, 0.1) is 0 Å². The lowest BCUT2D eigenvalue weighted by molar-refractivity contribution is -0.123. The van der Waals surface area contributed by atoms with Crippen molar-refractivity contribution in [3.05, 3.63) is 40.0 Å². The van der Waals surface area contributed by atoms with Crippen LogP contribution >= 0.6 is 11.8 Å². The molecule has 4 rings (SSSR count). The van der Waals surface area contributed by atoms with Crippen molar-refractivity contribution < 1.29 is 14.3 Å². The first-order valence-corrected chi connectivity index (χ1v) is 11.0. The van der Waals surface area contributed by atoms with E-state index >= 15 is 0 Å². The van der Waals surface area contributed by atoms with E-state index in [1.165, 1.54) is 12.5 Å². The Labute approximate surface area is 163 Å². The Balaban J connectivity index is 1.50. The minimum atomic E-state index is -0.598. The fourth-order valence-corrected chi connectivity index (χ4v) is 6.23. The Hall–Kier alpha value is -1.69. The van der Waals surface area contributed by atoms with Crippen LogP contribution in [0.3, 0.4) is 0 Å². The van der Waals surface area contributed by atoms with E-state index in [1.807, 2.05) is 11.8 Å². The molecule has 3 aliphatic rings. The van der Waals surface area contributed by atoms with Crippen LogP contribution in [-0.4, -0.2) is 29.1 Å². The number of aryl methyl sites for hydroxylation is 1. The predicted molar refractivity (Wildman–Crippen MR) is 106 cm³/mol. The molecule has 3 atom stereocenters. The fourth-order valence-electron chi connectivity index (χ4n) is 4.95. The van der Waals surface area contributed by atoms with Gasteiger partial charge in [-0.25, -0.2) is 0 Å². The summed E-state index contributed by atoms with van der Waals surface area (Å²) in [5, 5.41) is 13.5. The van der Waals surface area contributed by atoms with Crippen molar-refractivity contribution >= 4 is 17.7 Å². The molecule has 1 amide bonds. The average Bonchev–Trinajstić information content (AvgIpc) is 3.27. The monoisotopic (exact) mass is 389 g/mol. The van der Waals surface area contributed by atoms with Gasteiger partial charge in [0.15, 0.2) is 5.76 Å². The highest BCUT2D eigenvalue weighted by molar-refractivity contribution is 7.99. The number of carbonyl (C=O) groups excluding carboxylic acids is 1. The molecule has 1 saturated heterocycles. The van der Waals surface area contributed by atoms with Gasteiger partial charge < -0.3 is 14.8 Å². The molecule has 2 aliphatic carbocycles. The summed E-state index contributed by atoms with van der Waals surface area (Å²) < 4.78 is 5.80. The summed E-state index contributed by atoms with van der Waals surface area (Å²) in [5.74, 6) is 4.03. The molecule has 1 aromatic rings. The molecule has 1 saturated carbocycles. The molecule has 2 heterocycles. The number of rotatable bonds is 5. The maximum atomic E-state index is 12.8. The molecule has 1 aromatic heterocycles. The summed E-state index contributed by atoms with van der Waals surface area (Å²) in [5.41, 5.74) is -1.03. The van der Waals surface area contributed by atoms with Crippen molar-refractivity contribution in [2.75, 3.05) is 18.1 Å². The number of amides is 1. The molecule has 146 valence electrons. The van der Waals surface area contributed by atoms with Crippen LogP contribution in [-0.2, 0) is 10.2 Å². The summed E-state index contributed by atoms with van der Waals surface area (Å²) >= 11 is 1.83. The molecule has 3 unspecified atom stereocenters. The van der Waals surface area contributed by atoms with Gasteiger partial charge in [0.2, 0.25) is 17.1 Å². The molecule has 2 bridgehead atoms. The van der Waals surface area contributed by atoms with Gasteiger partial charge in [0.25, 0.3) is 0 Å². The summed E-state index contributed by atoms with van der Waals surface area (Å²) in [6, 6.07) is 1.30. The summed E-state index contributed by atoms with van der Waals surface area (Å²) in [6.45, 7) is 2.41. The Morgan fingerprint density at radius 3 is 2.78 bits per heavy atom. The minimum absolute atomic E-state index is 0.0165. The van der Waals surface area contributed by atoms with Crippen molar-refractivity contribution in [3.63, 3.8) is 0 Å². The molecular formula is C21H27NO4S. The standard InChI is InChI=1S/C21H27NO4S/c1-13-8-17(23)19(25)20(26-13)21(4-6-27-7-5-21)11-18(24)22-12-16-10-14-2-3-15(16)9-14/h2-3,8,14-16,25H,4-7,9-12H2,1H3,(H,22,24). The first-order chi connectivity index (χ1) is 13.0. The highest BCUT2D eigenvalue weighted by Crippen LogP contribution is 2.45. The Kier molecular flexibility index (Phi) is 5.10. The summed E-state index contributed by atoms with van der Waals surface area (Å²) in [7, 11) is 0. The smallest absolute Gasteiger partial charge is 0.227 e. The maximum absolute atomic E-state index is 12.8. The molecule has 0 spiro atoms. The quantitative estimate of drug-likeness (QED) is 0.757. The molecule has 2 fully saturated rings. The second-order valence-corrected chi connectivity index (χ2v) is 9.54. The van der Waals surface area contributed by atoms with E-state index in [2.05, 4.69) is 17.5 Å². The van der Waals surface area contributed by atoms with Crippen LogP contribution < -0.4 is 10.7 Å². The van der Waals surface area contributed by atoms with Gasteiger partial charge in [-0.1, -0.05) is 12.2 Å². The molecule has 0 radical (unpaired) electrons. The third kappa shape index (κ3) is 3.68. The molecule has 1 aliphatic heterocycles. The number of hydrogen-bond acceptors (Lipinski definition) is 5. The zero-order valence-electron chi connectivity index (χ0n) is 15.7. The van der Waals surface area contributed by atoms with E-state index in [1.54, 1.807) is 6.92 Å². The van der Waals surface area contributed by atoms with Gasteiger partial charge in [-0.2, -0.15) is 11.8 Å². The highest BCUT2D eigenvalue weighted by Gasteiger charge is 2.42. The van der Waals surface area contributed by atoms with Crippen LogP contribution in [0.15, 0.2) is 27.4 Å². The maximum Gasteiger partial charge on any atom is 0.227 e. The first kappa shape index (κ1) is 18.7. The van der Waals surface area contributed by atoms with Crippen molar-refractivity contribution in [3.8, 4) is 5.75 Å². The summed E-state index contributed by atoms with van der Waals surface area (Å²) in [4.78, 5) is 24.9. The Bertz CT molecular complexity index is 809. The number of aromatic hydroxyl groups is 1. The SMILES string of the molecule is Cc1cc(=O)c(O)c(C2(CC(=O)NCC3CC4C=CC3C4)CCSCC2)o1. The second-order valence-electron chi connectivity index (χ2n) is 8.31. The van der Waals surface area contributed by atoms with Gasteiger partial charge in [-0.3, -0.25) is 9.59 Å². The van der Waals surface area contributed by atoms with Crippen molar-refractivity contribution in [1.29, 1.82) is 0 Å². The Morgan fingerprint density at radius 2 is 2.11 bits per heavy atom. The van der Waals surface area contributed by atoms with E-state index in [9.17, 15) is 14.7 Å². The third-order valence-electron chi connectivity index (χ3n) is 6.45. The number of hydrogen-bond donors (Lipinski definition) is 2. The van der Waals surface area contributed by atoms with Crippen LogP contribution in [0.5, 0.6) is 5.75 Å². The van der Waals surface area contributed by atoms with Gasteiger partial charge >= 0.3 is 0 Å². The zero-order chi connectivity index (χ0) is 19.0. The molecule has 5 nitrogen and oxygen atoms in total. The number of fused-ring (bicyclic) bond motifs is 2. The number of carbonyl (C=O) groups is 1. The number of thioether (sulfide) groups is 1. The van der Waals surface area contributed by atoms with E-state index in [-0.39, 0.29) is 18.1 Å². The van der Waals surface area contributed by atoms with Gasteiger partial charge in [0, 0.05) is 24.4 Å². The van der Waals surface area contributed by atoms with Crippen molar-refractivity contribution in [2.24, 2.45) is 17.8 Å². The van der Waals surface area contributed by atoms with Crippen LogP contribution in [0.25, 0.3) is 0 Å². The number of allylic oxidation sites excluding steroid dienone is 2. The average molecular weight is 390 g/mol. The molecular weight excluding hydrogens is 362 g/mol. The topological polar surface area (TPSA) is 79.5 Å². The van der Waals surface area contributed by atoms with Gasteiger partial charge in [-0.05, 0) is 61.9 Å². The third-order valence-corrected chi connectivity index (χ3v) is 7.44. The molecule has 27 heavy (non-hydrogen) atoms. The van der Waals surface area contributed by atoms with Gasteiger partial charge in [0.1, 0.15) is 5.76 Å². The van der Waals surface area contributed by atoms with Gasteiger partial charge in [-0.15, -0.1) is 0 Å². The molecule has 0 aromatic carbocycles. The lowest BCUT2D eigenvalue weighted by Crippen LogP contribution is -2.40. The van der Waals surface area contributed by atoms with E-state index in [4.69, 9.17) is 4.42 Å². The lowest BCUT2D eigenvalue weighted by Gasteiger charge is -2.36. The summed E-state index contributed by atoms with van der Waals surface area (Å²) in [6.07, 6.45) is 8.69. The fraction of sp³-hybridized carbons (Fsp3) is 0.619. The van der Waals surface area contributed by atoms with E-state index < -0.39 is 10.8 Å². The highest BCUT2D eigenvalue weighted by atomic mass is 32.2. The largest absolute Gasteiger partial charge is 0.502 e. The van der Waals surface area contributed by atoms with Crippen LogP contribution in [0.4, 0.5) is 0 Å². The van der Waals surface area contributed by atoms with Crippen LogP contribution in [0.1, 0.15) is 43.6 Å². The normalized spacial score (nSPS) is 28.4. The van der Waals surface area contributed by atoms with E-state index in [0.29, 0.717) is 35.8 Å². The number of nitrogens with one attached hydrogen (secondary N) is 1. The second kappa shape index (κ2) is 7.38. The van der Waals surface area contributed by atoms with E-state index in [0.717, 1.165) is 30.8 Å². The van der Waals surface area contributed by atoms with Crippen LogP contribution in [0.2, 0.25) is 0 Å². The first-order valence-electron chi connectivity index (χ1n) is 9.84. The van der Waals surface area contributed by atoms with Crippen molar-refractivity contribution in [1.82, 2.24) is 5.32 Å². The Morgan fingerprint density at radius 1 is 1.33 bits per heavy atom. The zero-order valence-corrected chi connectivity index (χ0v) is 16.5. The molecule has 6 heteroatoms. The molecule has 2 N–H and O–H groups in total. The predicted octanol–water partition coefficient (Wildman–Crippen LogP) is 3.14. The van der Waals surface area contributed by atoms with Crippen molar-refractivity contribution in [2.45, 2.75) is 44.4 Å².